The minimum absolute atomic E-state index is 0.215. The smallest absolute Gasteiger partial charge is 0.0648 e. The van der Waals surface area contributed by atoms with Crippen LogP contribution in [0.3, 0.4) is 0 Å². The second kappa shape index (κ2) is 6.13. The van der Waals surface area contributed by atoms with Gasteiger partial charge in [0.25, 0.3) is 0 Å². The molecule has 100 valence electrons. The van der Waals surface area contributed by atoms with Crippen molar-refractivity contribution in [1.82, 2.24) is 15.5 Å². The molecule has 2 rings (SSSR count). The molecular weight excluding hydrogens is 258 g/mol. The van der Waals surface area contributed by atoms with Gasteiger partial charge in [-0.2, -0.15) is 10.2 Å². The lowest BCUT2D eigenvalue weighted by molar-refractivity contribution is 0.582. The van der Waals surface area contributed by atoms with Crippen LogP contribution in [-0.4, -0.2) is 17.2 Å². The Labute approximate surface area is 119 Å². The molecule has 1 unspecified atom stereocenters. The van der Waals surface area contributed by atoms with Crippen LogP contribution < -0.4 is 5.32 Å². The second-order valence-corrected chi connectivity index (χ2v) is 5.14. The van der Waals surface area contributed by atoms with Gasteiger partial charge in [-0.15, -0.1) is 0 Å². The van der Waals surface area contributed by atoms with Gasteiger partial charge in [-0.25, -0.2) is 0 Å². The molecule has 4 heteroatoms. The molecule has 0 aliphatic carbocycles. The molecule has 0 fully saturated rings. The third kappa shape index (κ3) is 3.52. The summed E-state index contributed by atoms with van der Waals surface area (Å²) in [7, 11) is 1.96. The van der Waals surface area contributed by atoms with Crippen molar-refractivity contribution < 1.29 is 0 Å². The molecule has 1 heterocycles. The highest BCUT2D eigenvalue weighted by Crippen LogP contribution is 2.22. The average molecular weight is 276 g/mol. The Hall–Kier alpha value is -1.45. The van der Waals surface area contributed by atoms with E-state index < -0.39 is 0 Å². The van der Waals surface area contributed by atoms with Crippen LogP contribution in [0.5, 0.6) is 0 Å². The molecule has 2 aromatic rings. The molecule has 0 radical (unpaired) electrons. The van der Waals surface area contributed by atoms with E-state index in [1.54, 1.807) is 0 Å². The molecule has 0 saturated heterocycles. The highest BCUT2D eigenvalue weighted by molar-refractivity contribution is 6.30. The molecule has 0 amide bonds. The number of aromatic nitrogens is 2. The van der Waals surface area contributed by atoms with Crippen molar-refractivity contribution in [3.05, 3.63) is 57.9 Å². The van der Waals surface area contributed by atoms with Gasteiger partial charge in [0.1, 0.15) is 0 Å². The maximum absolute atomic E-state index is 6.03. The van der Waals surface area contributed by atoms with Gasteiger partial charge in [-0.1, -0.05) is 23.7 Å². The SMILES string of the molecule is CNC(Cc1cccc(Cl)c1)c1cc(C)nnc1C. The van der Waals surface area contributed by atoms with Crippen molar-refractivity contribution in [2.24, 2.45) is 0 Å². The molecule has 3 nitrogen and oxygen atoms in total. The summed E-state index contributed by atoms with van der Waals surface area (Å²) in [6.07, 6.45) is 0.878. The largest absolute Gasteiger partial charge is 0.313 e. The van der Waals surface area contributed by atoms with Gasteiger partial charge < -0.3 is 5.32 Å². The van der Waals surface area contributed by atoms with Crippen molar-refractivity contribution in [2.75, 3.05) is 7.05 Å². The minimum Gasteiger partial charge on any atom is -0.313 e. The van der Waals surface area contributed by atoms with Crippen LogP contribution in [0.4, 0.5) is 0 Å². The van der Waals surface area contributed by atoms with E-state index in [4.69, 9.17) is 11.6 Å². The first kappa shape index (κ1) is 14.0. The molecule has 1 N–H and O–H groups in total. The zero-order chi connectivity index (χ0) is 13.8. The fraction of sp³-hybridized carbons (Fsp3) is 0.333. The summed E-state index contributed by atoms with van der Waals surface area (Å²) in [6.45, 7) is 3.95. The van der Waals surface area contributed by atoms with Crippen LogP contribution in [0.25, 0.3) is 0 Å². The molecule has 1 aromatic heterocycles. The fourth-order valence-corrected chi connectivity index (χ4v) is 2.40. The Morgan fingerprint density at radius 3 is 2.68 bits per heavy atom. The predicted molar refractivity (Wildman–Crippen MR) is 78.5 cm³/mol. The number of halogens is 1. The van der Waals surface area contributed by atoms with E-state index in [2.05, 4.69) is 27.6 Å². The molecule has 1 aromatic carbocycles. The number of benzene rings is 1. The van der Waals surface area contributed by atoms with Gasteiger partial charge in [0.15, 0.2) is 0 Å². The Morgan fingerprint density at radius 1 is 1.21 bits per heavy atom. The third-order valence-electron chi connectivity index (χ3n) is 3.19. The summed E-state index contributed by atoms with van der Waals surface area (Å²) < 4.78 is 0. The van der Waals surface area contributed by atoms with Crippen molar-refractivity contribution >= 4 is 11.6 Å². The summed E-state index contributed by atoms with van der Waals surface area (Å²) in [5, 5.41) is 12.4. The number of rotatable bonds is 4. The molecule has 0 bridgehead atoms. The summed E-state index contributed by atoms with van der Waals surface area (Å²) in [5.41, 5.74) is 4.30. The first-order chi connectivity index (χ1) is 9.10. The Kier molecular flexibility index (Phi) is 4.51. The van der Waals surface area contributed by atoms with Crippen LogP contribution in [-0.2, 0) is 6.42 Å². The third-order valence-corrected chi connectivity index (χ3v) is 3.43. The summed E-state index contributed by atoms with van der Waals surface area (Å²) in [4.78, 5) is 0. The molecule has 0 aliphatic heterocycles. The van der Waals surface area contributed by atoms with Crippen LogP contribution in [0, 0.1) is 13.8 Å². The number of hydrogen-bond acceptors (Lipinski definition) is 3. The number of hydrogen-bond donors (Lipinski definition) is 1. The van der Waals surface area contributed by atoms with E-state index in [1.165, 1.54) is 11.1 Å². The highest BCUT2D eigenvalue weighted by atomic mass is 35.5. The molecule has 19 heavy (non-hydrogen) atoms. The van der Waals surface area contributed by atoms with Gasteiger partial charge in [0.2, 0.25) is 0 Å². The van der Waals surface area contributed by atoms with E-state index in [-0.39, 0.29) is 6.04 Å². The molecule has 0 spiro atoms. The molecule has 0 saturated carbocycles. The number of aryl methyl sites for hydroxylation is 2. The van der Waals surface area contributed by atoms with Gasteiger partial charge in [-0.05, 0) is 56.6 Å². The lowest BCUT2D eigenvalue weighted by Gasteiger charge is -2.18. The lowest BCUT2D eigenvalue weighted by Crippen LogP contribution is -2.20. The van der Waals surface area contributed by atoms with E-state index in [1.807, 2.05) is 39.1 Å². The quantitative estimate of drug-likeness (QED) is 0.931. The van der Waals surface area contributed by atoms with Gasteiger partial charge >= 0.3 is 0 Å². The van der Waals surface area contributed by atoms with Crippen LogP contribution in [0.15, 0.2) is 30.3 Å². The topological polar surface area (TPSA) is 37.8 Å². The van der Waals surface area contributed by atoms with E-state index >= 15 is 0 Å². The van der Waals surface area contributed by atoms with E-state index in [9.17, 15) is 0 Å². The molecular formula is C15H18ClN3. The standard InChI is InChI=1S/C15H18ClN3/c1-10-7-14(11(2)19-18-10)15(17-3)9-12-5-4-6-13(16)8-12/h4-8,15,17H,9H2,1-3H3. The van der Waals surface area contributed by atoms with Crippen molar-refractivity contribution in [1.29, 1.82) is 0 Å². The Balaban J connectivity index is 2.27. The maximum atomic E-state index is 6.03. The molecule has 0 aliphatic rings. The van der Waals surface area contributed by atoms with Gasteiger partial charge in [-0.3, -0.25) is 0 Å². The number of nitrogens with zero attached hydrogens (tertiary/aromatic N) is 2. The number of likely N-dealkylation sites (N-methyl/N-ethyl adjacent to an activating group) is 1. The van der Waals surface area contributed by atoms with Gasteiger partial charge in [0, 0.05) is 11.1 Å². The fourth-order valence-electron chi connectivity index (χ4n) is 2.19. The zero-order valence-electron chi connectivity index (χ0n) is 11.4. The lowest BCUT2D eigenvalue weighted by atomic mass is 9.98. The van der Waals surface area contributed by atoms with E-state index in [0.717, 1.165) is 22.8 Å². The summed E-state index contributed by atoms with van der Waals surface area (Å²) in [5.74, 6) is 0. The Morgan fingerprint density at radius 2 is 2.00 bits per heavy atom. The van der Waals surface area contributed by atoms with Crippen molar-refractivity contribution in [2.45, 2.75) is 26.3 Å². The minimum atomic E-state index is 0.215. The summed E-state index contributed by atoms with van der Waals surface area (Å²) in [6, 6.07) is 10.3. The highest BCUT2D eigenvalue weighted by Gasteiger charge is 2.14. The van der Waals surface area contributed by atoms with Crippen LogP contribution in [0.1, 0.15) is 28.6 Å². The monoisotopic (exact) mass is 275 g/mol. The van der Waals surface area contributed by atoms with Crippen LogP contribution >= 0.6 is 11.6 Å². The maximum Gasteiger partial charge on any atom is 0.0648 e. The first-order valence-corrected chi connectivity index (χ1v) is 6.70. The summed E-state index contributed by atoms with van der Waals surface area (Å²) >= 11 is 6.03. The van der Waals surface area contributed by atoms with Gasteiger partial charge in [0.05, 0.1) is 11.4 Å². The van der Waals surface area contributed by atoms with Crippen molar-refractivity contribution in [3.8, 4) is 0 Å². The molecule has 1 atom stereocenters. The van der Waals surface area contributed by atoms with Crippen LogP contribution in [0.2, 0.25) is 5.02 Å². The average Bonchev–Trinajstić information content (AvgIpc) is 2.39. The van der Waals surface area contributed by atoms with Crippen molar-refractivity contribution in [3.63, 3.8) is 0 Å². The second-order valence-electron chi connectivity index (χ2n) is 4.70. The first-order valence-electron chi connectivity index (χ1n) is 6.32. The zero-order valence-corrected chi connectivity index (χ0v) is 12.2. The van der Waals surface area contributed by atoms with E-state index in [0.29, 0.717) is 0 Å². The number of nitrogens with one attached hydrogen (secondary N) is 1. The predicted octanol–water partition coefficient (Wildman–Crippen LogP) is 3.25. The normalized spacial score (nSPS) is 12.4. The Bertz CT molecular complexity index is 569.